The molecule has 0 atom stereocenters. The Kier molecular flexibility index (Phi) is 4.05. The summed E-state index contributed by atoms with van der Waals surface area (Å²) in [6.07, 6.45) is 1.97. The predicted molar refractivity (Wildman–Crippen MR) is 85.3 cm³/mol. The normalized spacial score (nSPS) is 11.2. The lowest BCUT2D eigenvalue weighted by molar-refractivity contribution is 1.36. The van der Waals surface area contributed by atoms with Gasteiger partial charge in [-0.3, -0.25) is 0 Å². The van der Waals surface area contributed by atoms with E-state index in [-0.39, 0.29) is 0 Å². The molecule has 0 aliphatic heterocycles. The average Bonchev–Trinajstić information content (AvgIpc) is 2.33. The third-order valence-electron chi connectivity index (χ3n) is 3.21. The summed E-state index contributed by atoms with van der Waals surface area (Å²) in [5.41, 5.74) is 7.58. The molecule has 0 saturated carbocycles. The van der Waals surface area contributed by atoms with Crippen molar-refractivity contribution in [3.63, 3.8) is 0 Å². The van der Waals surface area contributed by atoms with E-state index in [9.17, 15) is 5.26 Å². The molecule has 2 aromatic carbocycles. The number of hydrogen-bond donors (Lipinski definition) is 0. The first-order valence-corrected chi connectivity index (χ1v) is 6.77. The maximum Gasteiger partial charge on any atom is 0.0998 e. The van der Waals surface area contributed by atoms with Gasteiger partial charge in [0.05, 0.1) is 11.6 Å². The fourth-order valence-corrected chi connectivity index (χ4v) is 2.57. The molecule has 0 bridgehead atoms. The Labute approximate surface area is 121 Å². The molecule has 20 heavy (non-hydrogen) atoms. The number of rotatable bonds is 2. The number of benzene rings is 2. The number of hydrogen-bond acceptors (Lipinski definition) is 1. The molecule has 0 unspecified atom stereocenters. The van der Waals surface area contributed by atoms with Gasteiger partial charge in [-0.25, -0.2) is 0 Å². The Morgan fingerprint density at radius 3 is 1.70 bits per heavy atom. The van der Waals surface area contributed by atoms with E-state index >= 15 is 0 Å². The van der Waals surface area contributed by atoms with Gasteiger partial charge >= 0.3 is 0 Å². The molecule has 0 fully saturated rings. The van der Waals surface area contributed by atoms with Crippen molar-refractivity contribution in [2.45, 2.75) is 27.7 Å². The Balaban J connectivity index is 2.51. The molecular weight excluding hydrogens is 242 g/mol. The van der Waals surface area contributed by atoms with Crippen LogP contribution in [0.25, 0.3) is 11.6 Å². The first-order chi connectivity index (χ1) is 9.47. The molecule has 0 aliphatic carbocycles. The molecule has 2 rings (SSSR count). The second-order valence-electron chi connectivity index (χ2n) is 5.47. The topological polar surface area (TPSA) is 23.8 Å². The Hall–Kier alpha value is -2.33. The van der Waals surface area contributed by atoms with Gasteiger partial charge in [0.15, 0.2) is 0 Å². The molecule has 1 nitrogen and oxygen atoms in total. The maximum absolute atomic E-state index is 9.44. The quantitative estimate of drug-likeness (QED) is 0.552. The minimum absolute atomic E-state index is 0.710. The summed E-state index contributed by atoms with van der Waals surface area (Å²) in [7, 11) is 0. The van der Waals surface area contributed by atoms with Gasteiger partial charge in [0.1, 0.15) is 0 Å². The van der Waals surface area contributed by atoms with Crippen molar-refractivity contribution in [2.75, 3.05) is 0 Å². The summed E-state index contributed by atoms with van der Waals surface area (Å²) >= 11 is 0. The van der Waals surface area contributed by atoms with Gasteiger partial charge in [-0.2, -0.15) is 5.26 Å². The second kappa shape index (κ2) is 5.75. The SMILES string of the molecule is Cc1cc(C)cc(/C=C(\C#N)c2cc(C)cc(C)c2)c1. The van der Waals surface area contributed by atoms with E-state index in [1.165, 1.54) is 22.3 Å². The van der Waals surface area contributed by atoms with Gasteiger partial charge < -0.3 is 0 Å². The van der Waals surface area contributed by atoms with Gasteiger partial charge in [0, 0.05) is 0 Å². The van der Waals surface area contributed by atoms with E-state index < -0.39 is 0 Å². The average molecular weight is 261 g/mol. The molecule has 0 spiro atoms. The van der Waals surface area contributed by atoms with Crippen molar-refractivity contribution < 1.29 is 0 Å². The molecule has 0 heterocycles. The molecule has 0 N–H and O–H groups in total. The van der Waals surface area contributed by atoms with E-state index in [2.05, 4.69) is 70.2 Å². The second-order valence-corrected chi connectivity index (χ2v) is 5.47. The molecule has 2 aromatic rings. The van der Waals surface area contributed by atoms with Crippen LogP contribution in [0.1, 0.15) is 33.4 Å². The van der Waals surface area contributed by atoms with Gasteiger partial charge in [-0.05, 0) is 44.9 Å². The zero-order valence-electron chi connectivity index (χ0n) is 12.5. The lowest BCUT2D eigenvalue weighted by Crippen LogP contribution is -1.87. The zero-order chi connectivity index (χ0) is 14.7. The molecule has 0 saturated heterocycles. The summed E-state index contributed by atoms with van der Waals surface area (Å²) in [5, 5.41) is 9.44. The van der Waals surface area contributed by atoms with Crippen molar-refractivity contribution >= 4 is 11.6 Å². The van der Waals surface area contributed by atoms with E-state index in [0.717, 1.165) is 11.1 Å². The van der Waals surface area contributed by atoms with Crippen molar-refractivity contribution in [3.8, 4) is 6.07 Å². The number of nitrogens with zero attached hydrogens (tertiary/aromatic N) is 1. The number of allylic oxidation sites excluding steroid dienone is 1. The zero-order valence-corrected chi connectivity index (χ0v) is 12.5. The Bertz CT molecular complexity index is 675. The van der Waals surface area contributed by atoms with Crippen LogP contribution in [-0.4, -0.2) is 0 Å². The molecule has 0 aliphatic rings. The van der Waals surface area contributed by atoms with Crippen LogP contribution in [0.4, 0.5) is 0 Å². The van der Waals surface area contributed by atoms with Crippen LogP contribution in [-0.2, 0) is 0 Å². The minimum atomic E-state index is 0.710. The molecule has 100 valence electrons. The molecule has 0 aromatic heterocycles. The fraction of sp³-hybridized carbons (Fsp3) is 0.211. The maximum atomic E-state index is 9.44. The predicted octanol–water partition coefficient (Wildman–Crippen LogP) is 4.98. The van der Waals surface area contributed by atoms with E-state index in [0.29, 0.717) is 5.57 Å². The van der Waals surface area contributed by atoms with Crippen molar-refractivity contribution in [3.05, 3.63) is 69.8 Å². The molecule has 0 radical (unpaired) electrons. The van der Waals surface area contributed by atoms with E-state index in [4.69, 9.17) is 0 Å². The third kappa shape index (κ3) is 3.36. The highest BCUT2D eigenvalue weighted by Crippen LogP contribution is 2.21. The fourth-order valence-electron chi connectivity index (χ4n) is 2.57. The van der Waals surface area contributed by atoms with E-state index in [1.54, 1.807) is 0 Å². The lowest BCUT2D eigenvalue weighted by atomic mass is 9.98. The number of aryl methyl sites for hydroxylation is 4. The van der Waals surface area contributed by atoms with Crippen molar-refractivity contribution in [2.24, 2.45) is 0 Å². The Morgan fingerprint density at radius 2 is 1.25 bits per heavy atom. The third-order valence-corrected chi connectivity index (χ3v) is 3.21. The highest BCUT2D eigenvalue weighted by atomic mass is 14.2. The largest absolute Gasteiger partial charge is 0.192 e. The summed E-state index contributed by atoms with van der Waals surface area (Å²) < 4.78 is 0. The van der Waals surface area contributed by atoms with Crippen LogP contribution in [0.3, 0.4) is 0 Å². The van der Waals surface area contributed by atoms with Crippen LogP contribution < -0.4 is 0 Å². The van der Waals surface area contributed by atoms with Crippen LogP contribution in [0.5, 0.6) is 0 Å². The van der Waals surface area contributed by atoms with Gasteiger partial charge in [-0.1, -0.05) is 58.7 Å². The smallest absolute Gasteiger partial charge is 0.0998 e. The van der Waals surface area contributed by atoms with E-state index in [1.807, 2.05) is 6.08 Å². The summed E-state index contributed by atoms with van der Waals surface area (Å²) in [6.45, 7) is 8.27. The summed E-state index contributed by atoms with van der Waals surface area (Å²) in [5.74, 6) is 0. The lowest BCUT2D eigenvalue weighted by Gasteiger charge is -2.05. The van der Waals surface area contributed by atoms with Crippen molar-refractivity contribution in [1.29, 1.82) is 5.26 Å². The standard InChI is InChI=1S/C19H19N/c1-13-5-14(2)8-17(7-13)11-19(12-20)18-9-15(3)6-16(4)10-18/h5-11H,1-4H3/b19-11+. The van der Waals surface area contributed by atoms with Gasteiger partial charge in [-0.15, -0.1) is 0 Å². The summed E-state index contributed by atoms with van der Waals surface area (Å²) in [6, 6.07) is 14.9. The minimum Gasteiger partial charge on any atom is -0.192 e. The molecular formula is C19H19N. The van der Waals surface area contributed by atoms with Crippen LogP contribution in [0, 0.1) is 39.0 Å². The monoisotopic (exact) mass is 261 g/mol. The first kappa shape index (κ1) is 14.1. The van der Waals surface area contributed by atoms with Gasteiger partial charge in [0.25, 0.3) is 0 Å². The van der Waals surface area contributed by atoms with Crippen molar-refractivity contribution in [1.82, 2.24) is 0 Å². The highest BCUT2D eigenvalue weighted by Gasteiger charge is 2.03. The highest BCUT2D eigenvalue weighted by molar-refractivity contribution is 5.90. The first-order valence-electron chi connectivity index (χ1n) is 6.77. The number of nitriles is 1. The van der Waals surface area contributed by atoms with Crippen LogP contribution in [0.2, 0.25) is 0 Å². The van der Waals surface area contributed by atoms with Crippen LogP contribution in [0.15, 0.2) is 36.4 Å². The van der Waals surface area contributed by atoms with Gasteiger partial charge in [0.2, 0.25) is 0 Å². The summed E-state index contributed by atoms with van der Waals surface area (Å²) in [4.78, 5) is 0. The molecule has 1 heteroatoms. The molecule has 0 amide bonds. The van der Waals surface area contributed by atoms with Crippen LogP contribution >= 0.6 is 0 Å². The Morgan fingerprint density at radius 1 is 0.800 bits per heavy atom.